The molecule has 0 bridgehead atoms. The molecule has 2 aliphatic rings. The Kier molecular flexibility index (Phi) is 5.79. The molecule has 1 amide bonds. The van der Waals surface area contributed by atoms with Crippen molar-refractivity contribution in [2.45, 2.75) is 64.5 Å². The van der Waals surface area contributed by atoms with Crippen LogP contribution in [0.4, 0.5) is 0 Å². The minimum atomic E-state index is 0.0202. The van der Waals surface area contributed by atoms with Crippen molar-refractivity contribution >= 4 is 5.91 Å². The minimum absolute atomic E-state index is 0.0202. The molecule has 1 atom stereocenters. The van der Waals surface area contributed by atoms with Crippen LogP contribution in [-0.2, 0) is 21.5 Å². The maximum absolute atomic E-state index is 12.6. The maximum atomic E-state index is 12.6. The number of aromatic nitrogens is 2. The van der Waals surface area contributed by atoms with Gasteiger partial charge in [-0.05, 0) is 38.3 Å². The van der Waals surface area contributed by atoms with E-state index in [9.17, 15) is 4.79 Å². The summed E-state index contributed by atoms with van der Waals surface area (Å²) in [4.78, 5) is 15.1. The molecule has 0 spiro atoms. The van der Waals surface area contributed by atoms with Crippen molar-refractivity contribution in [3.8, 4) is 0 Å². The standard InChI is InChI=1S/C19H32N4O2/c1-19(2,3)17-11-15(21-22-17)12-20-18(24)14-5-4-8-23(13-14)16-6-9-25-10-7-16/h11,14,16H,4-10,12-13H2,1-3H3,(H,20,24)(H,21,22). The molecular formula is C19H32N4O2. The molecule has 2 fully saturated rings. The highest BCUT2D eigenvalue weighted by molar-refractivity contribution is 5.78. The van der Waals surface area contributed by atoms with E-state index in [1.165, 1.54) is 0 Å². The predicted octanol–water partition coefficient (Wildman–Crippen LogP) is 2.21. The van der Waals surface area contributed by atoms with Gasteiger partial charge in [0.05, 0.1) is 23.9 Å². The van der Waals surface area contributed by atoms with Crippen LogP contribution in [0.15, 0.2) is 6.07 Å². The number of carbonyl (C=O) groups is 1. The first kappa shape index (κ1) is 18.4. The Morgan fingerprint density at radius 1 is 1.36 bits per heavy atom. The molecule has 6 heteroatoms. The number of carbonyl (C=O) groups excluding carboxylic acids is 1. The van der Waals surface area contributed by atoms with Gasteiger partial charge in [-0.1, -0.05) is 20.8 Å². The van der Waals surface area contributed by atoms with Gasteiger partial charge in [-0.15, -0.1) is 0 Å². The van der Waals surface area contributed by atoms with Crippen LogP contribution in [0, 0.1) is 5.92 Å². The zero-order valence-electron chi connectivity index (χ0n) is 15.8. The Labute approximate surface area is 150 Å². The number of nitrogens with one attached hydrogen (secondary N) is 2. The van der Waals surface area contributed by atoms with Gasteiger partial charge in [0.15, 0.2) is 0 Å². The van der Waals surface area contributed by atoms with Crippen molar-refractivity contribution in [1.29, 1.82) is 0 Å². The van der Waals surface area contributed by atoms with Crippen LogP contribution in [-0.4, -0.2) is 53.3 Å². The van der Waals surface area contributed by atoms with Crippen molar-refractivity contribution in [3.63, 3.8) is 0 Å². The largest absolute Gasteiger partial charge is 0.381 e. The van der Waals surface area contributed by atoms with Crippen LogP contribution in [0.1, 0.15) is 57.8 Å². The van der Waals surface area contributed by atoms with E-state index in [0.717, 1.165) is 63.4 Å². The maximum Gasteiger partial charge on any atom is 0.224 e. The monoisotopic (exact) mass is 348 g/mol. The van der Waals surface area contributed by atoms with Gasteiger partial charge in [-0.3, -0.25) is 14.8 Å². The molecule has 2 aliphatic heterocycles. The number of hydrogen-bond acceptors (Lipinski definition) is 4. The van der Waals surface area contributed by atoms with E-state index in [1.807, 2.05) is 0 Å². The van der Waals surface area contributed by atoms with Gasteiger partial charge < -0.3 is 10.1 Å². The number of amides is 1. The van der Waals surface area contributed by atoms with Gasteiger partial charge in [-0.25, -0.2) is 0 Å². The molecule has 3 heterocycles. The molecule has 1 aromatic heterocycles. The second kappa shape index (κ2) is 7.87. The number of ether oxygens (including phenoxy) is 1. The molecule has 2 saturated heterocycles. The van der Waals surface area contributed by atoms with Gasteiger partial charge in [-0.2, -0.15) is 5.10 Å². The van der Waals surface area contributed by atoms with Crippen molar-refractivity contribution in [2.24, 2.45) is 5.92 Å². The van der Waals surface area contributed by atoms with E-state index >= 15 is 0 Å². The summed E-state index contributed by atoms with van der Waals surface area (Å²) in [6.07, 6.45) is 4.28. The lowest BCUT2D eigenvalue weighted by Gasteiger charge is -2.39. The lowest BCUT2D eigenvalue weighted by atomic mass is 9.92. The van der Waals surface area contributed by atoms with Gasteiger partial charge >= 0.3 is 0 Å². The number of H-pyrrole nitrogens is 1. The average Bonchev–Trinajstić information content (AvgIpc) is 3.10. The zero-order valence-corrected chi connectivity index (χ0v) is 15.8. The van der Waals surface area contributed by atoms with Crippen LogP contribution >= 0.6 is 0 Å². The third kappa shape index (κ3) is 4.82. The molecule has 1 unspecified atom stereocenters. The first-order valence-electron chi connectivity index (χ1n) is 9.58. The summed E-state index contributed by atoms with van der Waals surface area (Å²) in [5.41, 5.74) is 2.02. The summed E-state index contributed by atoms with van der Waals surface area (Å²) in [5.74, 6) is 0.269. The van der Waals surface area contributed by atoms with Crippen molar-refractivity contribution in [3.05, 3.63) is 17.5 Å². The molecule has 3 rings (SSSR count). The molecule has 0 aromatic carbocycles. The van der Waals surface area contributed by atoms with Crippen molar-refractivity contribution < 1.29 is 9.53 Å². The van der Waals surface area contributed by atoms with Crippen LogP contribution in [0.5, 0.6) is 0 Å². The Morgan fingerprint density at radius 2 is 2.12 bits per heavy atom. The number of piperidine rings is 1. The summed E-state index contributed by atoms with van der Waals surface area (Å²) in [7, 11) is 0. The number of hydrogen-bond donors (Lipinski definition) is 2. The van der Waals surface area contributed by atoms with Crippen LogP contribution in [0.3, 0.4) is 0 Å². The second-order valence-electron chi connectivity index (χ2n) is 8.42. The fourth-order valence-corrected chi connectivity index (χ4v) is 3.77. The molecule has 1 aromatic rings. The Hall–Kier alpha value is -1.40. The fraction of sp³-hybridized carbons (Fsp3) is 0.789. The van der Waals surface area contributed by atoms with Gasteiger partial charge in [0.1, 0.15) is 0 Å². The summed E-state index contributed by atoms with van der Waals surface area (Å²) in [6.45, 7) is 10.6. The molecule has 2 N–H and O–H groups in total. The summed E-state index contributed by atoms with van der Waals surface area (Å²) in [6, 6.07) is 2.64. The minimum Gasteiger partial charge on any atom is -0.381 e. The zero-order chi connectivity index (χ0) is 17.9. The SMILES string of the molecule is CC(C)(C)c1cc(CNC(=O)C2CCCN(C3CCOCC3)C2)[nH]n1. The quantitative estimate of drug-likeness (QED) is 0.875. The molecule has 0 aliphatic carbocycles. The Balaban J connectivity index is 1.49. The molecule has 25 heavy (non-hydrogen) atoms. The van der Waals surface area contributed by atoms with Gasteiger partial charge in [0, 0.05) is 31.2 Å². The smallest absolute Gasteiger partial charge is 0.224 e. The molecule has 0 radical (unpaired) electrons. The van der Waals surface area contributed by atoms with Crippen LogP contribution in [0.25, 0.3) is 0 Å². The fourth-order valence-electron chi connectivity index (χ4n) is 3.77. The number of nitrogens with zero attached hydrogens (tertiary/aromatic N) is 2. The van der Waals surface area contributed by atoms with E-state index in [1.54, 1.807) is 0 Å². The average molecular weight is 348 g/mol. The molecular weight excluding hydrogens is 316 g/mol. The van der Waals surface area contributed by atoms with E-state index < -0.39 is 0 Å². The highest BCUT2D eigenvalue weighted by Crippen LogP contribution is 2.23. The normalized spacial score (nSPS) is 23.6. The third-order valence-corrected chi connectivity index (χ3v) is 5.38. The highest BCUT2D eigenvalue weighted by Gasteiger charge is 2.30. The van der Waals surface area contributed by atoms with Crippen LogP contribution < -0.4 is 5.32 Å². The molecule has 6 nitrogen and oxygen atoms in total. The number of rotatable bonds is 4. The van der Waals surface area contributed by atoms with Crippen molar-refractivity contribution in [2.75, 3.05) is 26.3 Å². The Morgan fingerprint density at radius 3 is 2.80 bits per heavy atom. The van der Waals surface area contributed by atoms with E-state index in [-0.39, 0.29) is 17.2 Å². The molecule has 140 valence electrons. The molecule has 0 saturated carbocycles. The van der Waals surface area contributed by atoms with E-state index in [4.69, 9.17) is 4.74 Å². The summed E-state index contributed by atoms with van der Waals surface area (Å²) in [5, 5.41) is 10.5. The predicted molar refractivity (Wildman–Crippen MR) is 97.3 cm³/mol. The van der Waals surface area contributed by atoms with Gasteiger partial charge in [0.2, 0.25) is 5.91 Å². The first-order chi connectivity index (χ1) is 11.9. The van der Waals surface area contributed by atoms with Gasteiger partial charge in [0.25, 0.3) is 0 Å². The first-order valence-corrected chi connectivity index (χ1v) is 9.58. The summed E-state index contributed by atoms with van der Waals surface area (Å²) >= 11 is 0. The topological polar surface area (TPSA) is 70.2 Å². The Bertz CT molecular complexity index is 572. The highest BCUT2D eigenvalue weighted by atomic mass is 16.5. The van der Waals surface area contributed by atoms with E-state index in [0.29, 0.717) is 12.6 Å². The third-order valence-electron chi connectivity index (χ3n) is 5.38. The number of aromatic amines is 1. The second-order valence-corrected chi connectivity index (χ2v) is 8.42. The lowest BCUT2D eigenvalue weighted by molar-refractivity contribution is -0.127. The van der Waals surface area contributed by atoms with Crippen LogP contribution in [0.2, 0.25) is 0 Å². The lowest BCUT2D eigenvalue weighted by Crippen LogP contribution is -2.48. The van der Waals surface area contributed by atoms with Crippen molar-refractivity contribution in [1.82, 2.24) is 20.4 Å². The summed E-state index contributed by atoms with van der Waals surface area (Å²) < 4.78 is 5.46. The number of likely N-dealkylation sites (tertiary alicyclic amines) is 1. The van der Waals surface area contributed by atoms with E-state index in [2.05, 4.69) is 47.3 Å².